The van der Waals surface area contributed by atoms with Crippen molar-refractivity contribution >= 4 is 21.7 Å². The summed E-state index contributed by atoms with van der Waals surface area (Å²) >= 11 is 3.24. The van der Waals surface area contributed by atoms with Gasteiger partial charge in [-0.3, -0.25) is 0 Å². The topological polar surface area (TPSA) is 65.4 Å². The first-order chi connectivity index (χ1) is 7.72. The van der Waals surface area contributed by atoms with Gasteiger partial charge in [-0.2, -0.15) is 0 Å². The Hall–Kier alpha value is -0.650. The number of hydrogen-bond acceptors (Lipinski definition) is 4. The van der Waals surface area contributed by atoms with E-state index in [-0.39, 0.29) is 0 Å². The smallest absolute Gasteiger partial charge is 0.129 e. The lowest BCUT2D eigenvalue weighted by Gasteiger charge is -2.17. The van der Waals surface area contributed by atoms with Gasteiger partial charge < -0.3 is 15.5 Å². The van der Waals surface area contributed by atoms with Crippen molar-refractivity contribution in [3.05, 3.63) is 23.4 Å². The Morgan fingerprint density at radius 1 is 1.50 bits per heavy atom. The van der Waals surface area contributed by atoms with Crippen LogP contribution in [0.15, 0.2) is 12.3 Å². The first-order valence-electron chi connectivity index (χ1n) is 5.37. The molecule has 2 atom stereocenters. The van der Waals surface area contributed by atoms with Gasteiger partial charge in [-0.25, -0.2) is 4.98 Å². The Labute approximate surface area is 103 Å². The maximum absolute atomic E-state index is 9.92. The molecule has 2 unspecified atom stereocenters. The van der Waals surface area contributed by atoms with E-state index in [4.69, 9.17) is 0 Å². The highest BCUT2D eigenvalue weighted by Gasteiger charge is 2.20. The number of nitrogens with one attached hydrogen (secondary N) is 1. The van der Waals surface area contributed by atoms with Crippen molar-refractivity contribution in [1.82, 2.24) is 4.98 Å². The molecule has 16 heavy (non-hydrogen) atoms. The van der Waals surface area contributed by atoms with Gasteiger partial charge in [0, 0.05) is 23.6 Å². The number of aliphatic hydroxyl groups excluding tert-OH is 2. The molecular weight excluding hydrogens is 272 g/mol. The van der Waals surface area contributed by atoms with Crippen molar-refractivity contribution in [2.45, 2.75) is 25.0 Å². The van der Waals surface area contributed by atoms with Crippen LogP contribution in [-0.2, 0) is 6.42 Å². The summed E-state index contributed by atoms with van der Waals surface area (Å²) in [6.07, 6.45) is 1.48. The highest BCUT2D eigenvalue weighted by molar-refractivity contribution is 9.09. The zero-order valence-electron chi connectivity index (χ0n) is 8.86. The second-order valence-electron chi connectivity index (χ2n) is 3.94. The quantitative estimate of drug-likeness (QED) is 0.729. The fraction of sp³-hybridized carbons (Fsp3) is 0.545. The van der Waals surface area contributed by atoms with Gasteiger partial charge in [0.05, 0.1) is 6.10 Å². The van der Waals surface area contributed by atoms with Crippen LogP contribution < -0.4 is 5.32 Å². The first-order valence-corrected chi connectivity index (χ1v) is 6.49. The fourth-order valence-electron chi connectivity index (χ4n) is 1.85. The van der Waals surface area contributed by atoms with E-state index in [0.29, 0.717) is 17.3 Å². The number of aromatic nitrogens is 1. The van der Waals surface area contributed by atoms with Crippen LogP contribution >= 0.6 is 15.9 Å². The molecule has 0 fully saturated rings. The lowest BCUT2D eigenvalue weighted by atomic mass is 10.0. The molecule has 2 rings (SSSR count). The Bertz CT molecular complexity index is 373. The third-order valence-electron chi connectivity index (χ3n) is 2.79. The molecule has 0 aromatic carbocycles. The summed E-state index contributed by atoms with van der Waals surface area (Å²) in [5.74, 6) is 0.894. The van der Waals surface area contributed by atoms with E-state index in [0.717, 1.165) is 24.3 Å². The molecule has 0 saturated heterocycles. The number of halogens is 1. The van der Waals surface area contributed by atoms with E-state index in [1.807, 2.05) is 6.07 Å². The first kappa shape index (κ1) is 11.8. The number of nitrogens with zero attached hydrogens (tertiary/aromatic N) is 1. The van der Waals surface area contributed by atoms with E-state index < -0.39 is 12.2 Å². The molecular formula is C11H15BrN2O2. The van der Waals surface area contributed by atoms with Gasteiger partial charge in [-0.05, 0) is 24.5 Å². The molecule has 0 spiro atoms. The van der Waals surface area contributed by atoms with Crippen molar-refractivity contribution in [1.29, 1.82) is 0 Å². The van der Waals surface area contributed by atoms with Crippen molar-refractivity contribution < 1.29 is 10.2 Å². The molecule has 1 aromatic rings. The Balaban J connectivity index is 2.14. The molecule has 0 aliphatic carbocycles. The second kappa shape index (κ2) is 5.12. The third kappa shape index (κ3) is 2.36. The Morgan fingerprint density at radius 3 is 3.06 bits per heavy atom. The lowest BCUT2D eigenvalue weighted by molar-refractivity contribution is 0.0171. The Kier molecular flexibility index (Phi) is 3.78. The van der Waals surface area contributed by atoms with E-state index in [1.165, 1.54) is 0 Å². The minimum Gasteiger partial charge on any atom is -0.390 e. The van der Waals surface area contributed by atoms with Gasteiger partial charge in [0.15, 0.2) is 0 Å². The normalized spacial score (nSPS) is 17.7. The van der Waals surface area contributed by atoms with Crippen LogP contribution in [0, 0.1) is 0 Å². The van der Waals surface area contributed by atoms with E-state index in [2.05, 4.69) is 26.2 Å². The number of aliphatic hydroxyl groups is 2. The van der Waals surface area contributed by atoms with Crippen LogP contribution in [0.25, 0.3) is 0 Å². The van der Waals surface area contributed by atoms with Crippen LogP contribution in [0.3, 0.4) is 0 Å². The molecule has 0 saturated carbocycles. The van der Waals surface area contributed by atoms with Crippen LogP contribution in [0.2, 0.25) is 0 Å². The van der Waals surface area contributed by atoms with Crippen LogP contribution in [0.4, 0.5) is 5.82 Å². The molecule has 5 heteroatoms. The largest absolute Gasteiger partial charge is 0.390 e. The summed E-state index contributed by atoms with van der Waals surface area (Å²) in [6, 6.07) is 1.92. The SMILES string of the molecule is OC(CCBr)C(O)c1cnc2c(c1)CCN2. The molecule has 0 bridgehead atoms. The zero-order valence-corrected chi connectivity index (χ0v) is 10.4. The molecule has 2 heterocycles. The van der Waals surface area contributed by atoms with Crippen molar-refractivity contribution in [2.75, 3.05) is 17.2 Å². The number of pyridine rings is 1. The highest BCUT2D eigenvalue weighted by atomic mass is 79.9. The fourth-order valence-corrected chi connectivity index (χ4v) is 2.32. The van der Waals surface area contributed by atoms with Crippen LogP contribution in [0.1, 0.15) is 23.7 Å². The second-order valence-corrected chi connectivity index (χ2v) is 4.74. The number of hydrogen-bond donors (Lipinski definition) is 3. The maximum Gasteiger partial charge on any atom is 0.129 e. The van der Waals surface area contributed by atoms with E-state index >= 15 is 0 Å². The van der Waals surface area contributed by atoms with Crippen LogP contribution in [0.5, 0.6) is 0 Å². The monoisotopic (exact) mass is 286 g/mol. The van der Waals surface area contributed by atoms with Gasteiger partial charge in [0.2, 0.25) is 0 Å². The minimum absolute atomic E-state index is 0.524. The molecule has 1 aliphatic rings. The maximum atomic E-state index is 9.92. The number of fused-ring (bicyclic) bond motifs is 1. The molecule has 1 aromatic heterocycles. The van der Waals surface area contributed by atoms with Crippen molar-refractivity contribution in [2.24, 2.45) is 0 Å². The standard InChI is InChI=1S/C11H15BrN2O2/c12-3-1-9(15)10(16)8-5-7-2-4-13-11(7)14-6-8/h5-6,9-10,15-16H,1-4H2,(H,13,14). The zero-order chi connectivity index (χ0) is 11.5. The molecule has 1 aliphatic heterocycles. The average Bonchev–Trinajstić information content (AvgIpc) is 2.75. The van der Waals surface area contributed by atoms with Crippen molar-refractivity contribution in [3.8, 4) is 0 Å². The summed E-state index contributed by atoms with van der Waals surface area (Å²) in [5, 5.41) is 23.4. The van der Waals surface area contributed by atoms with Gasteiger partial charge in [-0.1, -0.05) is 15.9 Å². The third-order valence-corrected chi connectivity index (χ3v) is 3.24. The number of alkyl halides is 1. The molecule has 0 radical (unpaired) electrons. The van der Waals surface area contributed by atoms with E-state index in [9.17, 15) is 10.2 Å². The number of anilines is 1. The molecule has 0 amide bonds. The minimum atomic E-state index is -0.851. The molecule has 3 N–H and O–H groups in total. The highest BCUT2D eigenvalue weighted by Crippen LogP contribution is 2.25. The summed E-state index contributed by atoms with van der Waals surface area (Å²) in [5.41, 5.74) is 1.80. The Morgan fingerprint density at radius 2 is 2.31 bits per heavy atom. The van der Waals surface area contributed by atoms with Crippen molar-refractivity contribution in [3.63, 3.8) is 0 Å². The predicted molar refractivity (Wildman–Crippen MR) is 65.8 cm³/mol. The summed E-state index contributed by atoms with van der Waals surface area (Å²) < 4.78 is 0. The molecule has 4 nitrogen and oxygen atoms in total. The van der Waals surface area contributed by atoms with E-state index in [1.54, 1.807) is 6.20 Å². The van der Waals surface area contributed by atoms with Crippen LogP contribution in [-0.4, -0.2) is 33.2 Å². The van der Waals surface area contributed by atoms with Gasteiger partial charge in [-0.15, -0.1) is 0 Å². The summed E-state index contributed by atoms with van der Waals surface area (Å²) in [7, 11) is 0. The van der Waals surface area contributed by atoms with Gasteiger partial charge >= 0.3 is 0 Å². The summed E-state index contributed by atoms with van der Waals surface area (Å²) in [4.78, 5) is 4.23. The lowest BCUT2D eigenvalue weighted by Crippen LogP contribution is -2.18. The predicted octanol–water partition coefficient (Wildman–Crippen LogP) is 1.23. The van der Waals surface area contributed by atoms with Gasteiger partial charge in [0.1, 0.15) is 11.9 Å². The summed E-state index contributed by atoms with van der Waals surface area (Å²) in [6.45, 7) is 0.895. The molecule has 88 valence electrons. The average molecular weight is 287 g/mol. The van der Waals surface area contributed by atoms with Gasteiger partial charge in [0.25, 0.3) is 0 Å². The number of rotatable bonds is 4.